The van der Waals surface area contributed by atoms with E-state index in [1.165, 1.54) is 18.5 Å². The van der Waals surface area contributed by atoms with Crippen LogP contribution in [0.2, 0.25) is 0 Å². The summed E-state index contributed by atoms with van der Waals surface area (Å²) in [7, 11) is 3.42. The van der Waals surface area contributed by atoms with Crippen molar-refractivity contribution in [2.24, 2.45) is 0 Å². The lowest BCUT2D eigenvalue weighted by Gasteiger charge is -2.21. The Morgan fingerprint density at radius 2 is 1.72 bits per heavy atom. The molecule has 1 aromatic carbocycles. The molecular formula is C16H27N3O5S. The van der Waals surface area contributed by atoms with Crippen LogP contribution in [-0.4, -0.2) is 77.7 Å². The third-order valence-corrected chi connectivity index (χ3v) is 4.82. The molecule has 0 aromatic heterocycles. The van der Waals surface area contributed by atoms with Gasteiger partial charge in [0.15, 0.2) is 11.5 Å². The van der Waals surface area contributed by atoms with Crippen LogP contribution in [0.4, 0.5) is 5.69 Å². The van der Waals surface area contributed by atoms with Crippen molar-refractivity contribution in [3.8, 4) is 11.5 Å². The van der Waals surface area contributed by atoms with Crippen molar-refractivity contribution in [2.75, 3.05) is 59.5 Å². The molecule has 1 rings (SSSR count). The molecule has 0 aliphatic carbocycles. The van der Waals surface area contributed by atoms with Crippen molar-refractivity contribution in [3.63, 3.8) is 0 Å². The summed E-state index contributed by atoms with van der Waals surface area (Å²) in [6, 6.07) is 5.03. The maximum atomic E-state index is 12.1. The molecule has 0 fully saturated rings. The maximum Gasteiger partial charge on any atom is 0.225 e. The molecule has 0 saturated heterocycles. The quantitative estimate of drug-likeness (QED) is 0.654. The molecule has 9 heteroatoms. The van der Waals surface area contributed by atoms with Crippen molar-refractivity contribution < 1.29 is 22.7 Å². The van der Waals surface area contributed by atoms with Gasteiger partial charge >= 0.3 is 0 Å². The van der Waals surface area contributed by atoms with E-state index in [-0.39, 0.29) is 18.9 Å². The topological polar surface area (TPSA) is 88.2 Å². The van der Waals surface area contributed by atoms with Gasteiger partial charge in [0.05, 0.1) is 20.5 Å². The largest absolute Gasteiger partial charge is 0.493 e. The number of methoxy groups -OCH3 is 2. The lowest BCUT2D eigenvalue weighted by atomic mass is 10.2. The summed E-state index contributed by atoms with van der Waals surface area (Å²) in [5, 5.41) is 2.73. The molecule has 25 heavy (non-hydrogen) atoms. The fourth-order valence-corrected chi connectivity index (χ4v) is 2.95. The minimum Gasteiger partial charge on any atom is -0.493 e. The Hall–Kier alpha value is -1.84. The number of benzene rings is 1. The van der Waals surface area contributed by atoms with Gasteiger partial charge in [-0.1, -0.05) is 0 Å². The van der Waals surface area contributed by atoms with Gasteiger partial charge in [0, 0.05) is 37.8 Å². The van der Waals surface area contributed by atoms with Gasteiger partial charge in [0.1, 0.15) is 0 Å². The molecule has 142 valence electrons. The molecule has 0 spiro atoms. The number of nitrogens with one attached hydrogen (secondary N) is 1. The van der Waals surface area contributed by atoms with Crippen LogP contribution in [0.1, 0.15) is 6.42 Å². The number of ether oxygens (including phenoxy) is 2. The van der Waals surface area contributed by atoms with Crippen molar-refractivity contribution in [3.05, 3.63) is 18.2 Å². The summed E-state index contributed by atoms with van der Waals surface area (Å²) in [5.41, 5.74) is 0.557. The summed E-state index contributed by atoms with van der Waals surface area (Å²) < 4.78 is 35.3. The van der Waals surface area contributed by atoms with Crippen LogP contribution in [0.3, 0.4) is 0 Å². The smallest absolute Gasteiger partial charge is 0.225 e. The fraction of sp³-hybridized carbons (Fsp3) is 0.562. The van der Waals surface area contributed by atoms with Crippen molar-refractivity contribution >= 4 is 21.6 Å². The minimum atomic E-state index is -3.36. The molecule has 1 N–H and O–H groups in total. The van der Waals surface area contributed by atoms with Gasteiger partial charge in [-0.3, -0.25) is 4.79 Å². The number of anilines is 1. The first-order valence-electron chi connectivity index (χ1n) is 7.79. The van der Waals surface area contributed by atoms with Gasteiger partial charge in [-0.2, -0.15) is 0 Å². The van der Waals surface area contributed by atoms with Crippen LogP contribution in [0.5, 0.6) is 11.5 Å². The molecule has 0 saturated carbocycles. The van der Waals surface area contributed by atoms with E-state index >= 15 is 0 Å². The Labute approximate surface area is 149 Å². The van der Waals surface area contributed by atoms with E-state index in [2.05, 4.69) is 5.32 Å². The summed E-state index contributed by atoms with van der Waals surface area (Å²) in [5.74, 6) is 0.794. The molecule has 0 radical (unpaired) electrons. The Morgan fingerprint density at radius 1 is 1.08 bits per heavy atom. The molecule has 0 atom stereocenters. The van der Waals surface area contributed by atoms with Gasteiger partial charge < -0.3 is 19.7 Å². The SMILES string of the molecule is COc1ccc(NC(=O)CCN(CCN(C)C)S(C)(=O)=O)cc1OC. The van der Waals surface area contributed by atoms with E-state index in [4.69, 9.17) is 9.47 Å². The first-order valence-corrected chi connectivity index (χ1v) is 9.64. The zero-order valence-electron chi connectivity index (χ0n) is 15.4. The highest BCUT2D eigenvalue weighted by atomic mass is 32.2. The zero-order chi connectivity index (χ0) is 19.0. The lowest BCUT2D eigenvalue weighted by Crippen LogP contribution is -2.37. The molecular weight excluding hydrogens is 346 g/mol. The molecule has 0 aliphatic heterocycles. The Balaban J connectivity index is 2.66. The van der Waals surface area contributed by atoms with E-state index < -0.39 is 10.0 Å². The Morgan fingerprint density at radius 3 is 2.24 bits per heavy atom. The van der Waals surface area contributed by atoms with Crippen LogP contribution < -0.4 is 14.8 Å². The standard InChI is InChI=1S/C16H27N3O5S/c1-18(2)10-11-19(25(5,21)22)9-8-16(20)17-13-6-7-14(23-3)15(12-13)24-4/h6-7,12H,8-11H2,1-5H3,(H,17,20). The number of hydrogen-bond acceptors (Lipinski definition) is 6. The van der Waals surface area contributed by atoms with Crippen LogP contribution >= 0.6 is 0 Å². The number of hydrogen-bond donors (Lipinski definition) is 1. The second kappa shape index (κ2) is 9.59. The third kappa shape index (κ3) is 7.29. The summed E-state index contributed by atoms with van der Waals surface area (Å²) in [4.78, 5) is 14.0. The predicted octanol–water partition coefficient (Wildman–Crippen LogP) is 0.856. The fourth-order valence-electron chi connectivity index (χ4n) is 2.12. The number of sulfonamides is 1. The first kappa shape index (κ1) is 21.2. The van der Waals surface area contributed by atoms with Gasteiger partial charge in [-0.25, -0.2) is 12.7 Å². The normalized spacial score (nSPS) is 11.6. The van der Waals surface area contributed by atoms with Crippen LogP contribution in [0.25, 0.3) is 0 Å². The summed E-state index contributed by atoms with van der Waals surface area (Å²) in [6.07, 6.45) is 1.21. The van der Waals surface area contributed by atoms with Crippen molar-refractivity contribution in [2.45, 2.75) is 6.42 Å². The molecule has 1 amide bonds. The zero-order valence-corrected chi connectivity index (χ0v) is 16.2. The second-order valence-corrected chi connectivity index (χ2v) is 7.82. The van der Waals surface area contributed by atoms with Crippen LogP contribution in [0.15, 0.2) is 18.2 Å². The summed E-state index contributed by atoms with van der Waals surface area (Å²) in [6.45, 7) is 1.06. The van der Waals surface area contributed by atoms with E-state index in [0.717, 1.165) is 6.26 Å². The average molecular weight is 373 g/mol. The number of likely N-dealkylation sites (N-methyl/N-ethyl adjacent to an activating group) is 1. The first-order chi connectivity index (χ1) is 11.7. The molecule has 0 heterocycles. The number of rotatable bonds is 10. The molecule has 0 aliphatic rings. The van der Waals surface area contributed by atoms with Crippen LogP contribution in [-0.2, 0) is 14.8 Å². The molecule has 0 unspecified atom stereocenters. The second-order valence-electron chi connectivity index (χ2n) is 5.83. The van der Waals surface area contributed by atoms with E-state index in [1.807, 2.05) is 19.0 Å². The molecule has 0 bridgehead atoms. The van der Waals surface area contributed by atoms with E-state index in [1.54, 1.807) is 18.2 Å². The maximum absolute atomic E-state index is 12.1. The molecule has 8 nitrogen and oxygen atoms in total. The van der Waals surface area contributed by atoms with E-state index in [9.17, 15) is 13.2 Å². The molecule has 1 aromatic rings. The average Bonchev–Trinajstić information content (AvgIpc) is 2.53. The van der Waals surface area contributed by atoms with Crippen molar-refractivity contribution in [1.29, 1.82) is 0 Å². The Bertz CT molecular complexity index is 676. The predicted molar refractivity (Wildman–Crippen MR) is 97.8 cm³/mol. The number of nitrogens with zero attached hydrogens (tertiary/aromatic N) is 2. The van der Waals surface area contributed by atoms with Gasteiger partial charge in [0.2, 0.25) is 15.9 Å². The highest BCUT2D eigenvalue weighted by molar-refractivity contribution is 7.88. The van der Waals surface area contributed by atoms with Gasteiger partial charge in [0.25, 0.3) is 0 Å². The monoisotopic (exact) mass is 373 g/mol. The van der Waals surface area contributed by atoms with Crippen LogP contribution in [0, 0.1) is 0 Å². The highest BCUT2D eigenvalue weighted by Gasteiger charge is 2.18. The van der Waals surface area contributed by atoms with Gasteiger partial charge in [-0.15, -0.1) is 0 Å². The van der Waals surface area contributed by atoms with Crippen molar-refractivity contribution in [1.82, 2.24) is 9.21 Å². The number of carbonyl (C=O) groups excluding carboxylic acids is 1. The Kier molecular flexibility index (Phi) is 8.14. The number of carbonyl (C=O) groups is 1. The third-order valence-electron chi connectivity index (χ3n) is 3.52. The van der Waals surface area contributed by atoms with Gasteiger partial charge in [-0.05, 0) is 26.2 Å². The summed E-state index contributed by atoms with van der Waals surface area (Å²) >= 11 is 0. The lowest BCUT2D eigenvalue weighted by molar-refractivity contribution is -0.116. The highest BCUT2D eigenvalue weighted by Crippen LogP contribution is 2.29. The number of amides is 1. The van der Waals surface area contributed by atoms with E-state index in [0.29, 0.717) is 30.3 Å². The minimum absolute atomic E-state index is 0.0643.